The highest BCUT2D eigenvalue weighted by Crippen LogP contribution is 2.30. The summed E-state index contributed by atoms with van der Waals surface area (Å²) in [5, 5.41) is 6.06. The van der Waals surface area contributed by atoms with Crippen LogP contribution in [0.3, 0.4) is 0 Å². The van der Waals surface area contributed by atoms with E-state index in [2.05, 4.69) is 15.3 Å². The van der Waals surface area contributed by atoms with Gasteiger partial charge in [0.25, 0.3) is 11.5 Å². The summed E-state index contributed by atoms with van der Waals surface area (Å²) in [5.41, 5.74) is 1.92. The molecule has 0 spiro atoms. The van der Waals surface area contributed by atoms with Gasteiger partial charge >= 0.3 is 5.97 Å². The van der Waals surface area contributed by atoms with Crippen LogP contribution in [0.4, 0.5) is 5.13 Å². The van der Waals surface area contributed by atoms with Gasteiger partial charge in [-0.2, -0.15) is 0 Å². The predicted octanol–water partition coefficient (Wildman–Crippen LogP) is 4.96. The summed E-state index contributed by atoms with van der Waals surface area (Å²) in [5.74, 6) is -0.500. The Kier molecular flexibility index (Phi) is 6.31. The van der Waals surface area contributed by atoms with Crippen molar-refractivity contribution in [2.75, 3.05) is 5.32 Å². The van der Waals surface area contributed by atoms with Crippen molar-refractivity contribution in [1.82, 2.24) is 14.5 Å². The molecule has 11 heteroatoms. The van der Waals surface area contributed by atoms with Crippen molar-refractivity contribution >= 4 is 62.4 Å². The van der Waals surface area contributed by atoms with Gasteiger partial charge in [-0.1, -0.05) is 29.3 Å². The zero-order valence-corrected chi connectivity index (χ0v) is 20.7. The minimum atomic E-state index is -1.07. The van der Waals surface area contributed by atoms with Crippen LogP contribution in [-0.4, -0.2) is 32.5 Å². The van der Waals surface area contributed by atoms with E-state index in [9.17, 15) is 14.4 Å². The number of carbonyl (C=O) groups excluding carboxylic acids is 2. The van der Waals surface area contributed by atoms with E-state index in [4.69, 9.17) is 27.9 Å². The summed E-state index contributed by atoms with van der Waals surface area (Å²) in [4.78, 5) is 46.8. The first-order valence-electron chi connectivity index (χ1n) is 10.8. The lowest BCUT2D eigenvalue weighted by Gasteiger charge is -2.13. The van der Waals surface area contributed by atoms with Gasteiger partial charge in [0.1, 0.15) is 5.82 Å². The second-order valence-electron chi connectivity index (χ2n) is 8.02. The summed E-state index contributed by atoms with van der Waals surface area (Å²) in [6, 6.07) is 9.73. The van der Waals surface area contributed by atoms with E-state index in [-0.39, 0.29) is 11.1 Å². The van der Waals surface area contributed by atoms with Crippen LogP contribution in [0.15, 0.2) is 46.6 Å². The van der Waals surface area contributed by atoms with E-state index >= 15 is 0 Å². The van der Waals surface area contributed by atoms with Crippen molar-refractivity contribution in [2.24, 2.45) is 0 Å². The van der Waals surface area contributed by atoms with E-state index < -0.39 is 18.0 Å². The van der Waals surface area contributed by atoms with E-state index in [1.165, 1.54) is 30.4 Å². The minimum Gasteiger partial charge on any atom is -0.449 e. The Balaban J connectivity index is 1.26. The summed E-state index contributed by atoms with van der Waals surface area (Å²) >= 11 is 13.2. The van der Waals surface area contributed by atoms with Crippen molar-refractivity contribution in [2.45, 2.75) is 32.4 Å². The summed E-state index contributed by atoms with van der Waals surface area (Å²) in [6.07, 6.45) is 0.517. The van der Waals surface area contributed by atoms with Gasteiger partial charge in [-0.05, 0) is 43.7 Å². The van der Waals surface area contributed by atoms with Gasteiger partial charge < -0.3 is 4.74 Å². The van der Waals surface area contributed by atoms with Crippen LogP contribution >= 0.6 is 34.5 Å². The topological polar surface area (TPSA) is 103 Å². The Hall–Kier alpha value is -3.27. The molecule has 178 valence electrons. The fourth-order valence-electron chi connectivity index (χ4n) is 3.82. The summed E-state index contributed by atoms with van der Waals surface area (Å²) in [6.45, 7) is 2.13. The van der Waals surface area contributed by atoms with Gasteiger partial charge in [-0.25, -0.2) is 14.8 Å². The van der Waals surface area contributed by atoms with Crippen molar-refractivity contribution < 1.29 is 14.3 Å². The fourth-order valence-corrected chi connectivity index (χ4v) is 4.84. The van der Waals surface area contributed by atoms with Gasteiger partial charge in [0.15, 0.2) is 11.2 Å². The molecule has 8 nitrogen and oxygen atoms in total. The maximum atomic E-state index is 12.7. The van der Waals surface area contributed by atoms with Gasteiger partial charge in [-0.15, -0.1) is 11.3 Å². The molecule has 0 saturated heterocycles. The molecule has 1 amide bonds. The number of thiazole rings is 1. The van der Waals surface area contributed by atoms with Gasteiger partial charge in [0, 0.05) is 23.9 Å². The van der Waals surface area contributed by atoms with Crippen LogP contribution in [0.25, 0.3) is 22.2 Å². The standard InChI is InChI=1S/C24H18Cl2N4O4S/c1-12(21(31)29-24-28-19(11-35-24)13-5-7-16(25)17(26)9-13)34-23(33)14-4-6-15-18(10-14)27-20-3-2-8-30(20)22(15)32/h4-7,9-12H,2-3,8H2,1H3,(H,28,29,31)/t12-/m0/s1. The molecule has 0 aliphatic carbocycles. The predicted molar refractivity (Wildman–Crippen MR) is 135 cm³/mol. The third-order valence-electron chi connectivity index (χ3n) is 5.65. The number of benzene rings is 2. The minimum absolute atomic E-state index is 0.112. The number of amides is 1. The molecule has 0 saturated carbocycles. The molecule has 0 unspecified atom stereocenters. The highest BCUT2D eigenvalue weighted by atomic mass is 35.5. The number of nitrogens with one attached hydrogen (secondary N) is 1. The van der Waals surface area contributed by atoms with Crippen molar-refractivity contribution in [3.8, 4) is 11.3 Å². The molecule has 0 radical (unpaired) electrons. The van der Waals surface area contributed by atoms with Crippen LogP contribution in [0.1, 0.15) is 29.5 Å². The van der Waals surface area contributed by atoms with Crippen molar-refractivity contribution in [1.29, 1.82) is 0 Å². The van der Waals surface area contributed by atoms with Crippen LogP contribution in [0.2, 0.25) is 10.0 Å². The molecule has 2 aromatic carbocycles. The van der Waals surface area contributed by atoms with E-state index in [1.54, 1.807) is 34.2 Å². The average Bonchev–Trinajstić information content (AvgIpc) is 3.50. The number of hydrogen-bond acceptors (Lipinski definition) is 7. The molecule has 1 aliphatic rings. The molecule has 2 aromatic heterocycles. The molecule has 1 N–H and O–H groups in total. The summed E-state index contributed by atoms with van der Waals surface area (Å²) < 4.78 is 7.01. The number of rotatable bonds is 5. The maximum Gasteiger partial charge on any atom is 0.338 e. The molecule has 0 fully saturated rings. The number of hydrogen-bond donors (Lipinski definition) is 1. The van der Waals surface area contributed by atoms with E-state index in [0.717, 1.165) is 18.4 Å². The fraction of sp³-hybridized carbons (Fsp3) is 0.208. The van der Waals surface area contributed by atoms with E-state index in [0.29, 0.717) is 44.1 Å². The smallest absolute Gasteiger partial charge is 0.338 e. The molecular formula is C24H18Cl2N4O4S. The number of nitrogens with zero attached hydrogens (tertiary/aromatic N) is 3. The number of esters is 1. The van der Waals surface area contributed by atoms with Gasteiger partial charge in [-0.3, -0.25) is 19.5 Å². The first kappa shape index (κ1) is 23.5. The first-order chi connectivity index (χ1) is 16.8. The first-order valence-corrected chi connectivity index (χ1v) is 12.4. The van der Waals surface area contributed by atoms with Crippen LogP contribution in [0, 0.1) is 0 Å². The molecule has 4 aromatic rings. The highest BCUT2D eigenvalue weighted by Gasteiger charge is 2.22. The quantitative estimate of drug-likeness (QED) is 0.367. The van der Waals surface area contributed by atoms with Gasteiger partial charge in [0.2, 0.25) is 0 Å². The Labute approximate surface area is 213 Å². The number of carbonyl (C=O) groups is 2. The molecule has 0 bridgehead atoms. The largest absolute Gasteiger partial charge is 0.449 e. The van der Waals surface area contributed by atoms with Crippen LogP contribution in [0.5, 0.6) is 0 Å². The monoisotopic (exact) mass is 528 g/mol. The lowest BCUT2D eigenvalue weighted by atomic mass is 10.1. The zero-order valence-electron chi connectivity index (χ0n) is 18.4. The summed E-state index contributed by atoms with van der Waals surface area (Å²) in [7, 11) is 0. The maximum absolute atomic E-state index is 12.7. The number of aryl methyl sites for hydroxylation is 1. The molecular weight excluding hydrogens is 511 g/mol. The SMILES string of the molecule is C[C@H](OC(=O)c1ccc2c(=O)n3c(nc2c1)CCC3)C(=O)Nc1nc(-c2ccc(Cl)c(Cl)c2)cs1. The highest BCUT2D eigenvalue weighted by molar-refractivity contribution is 7.14. The third-order valence-corrected chi connectivity index (χ3v) is 7.15. The van der Waals surface area contributed by atoms with Gasteiger partial charge in [0.05, 0.1) is 32.2 Å². The van der Waals surface area contributed by atoms with Crippen LogP contribution < -0.4 is 10.9 Å². The molecule has 1 aliphatic heterocycles. The molecule has 1 atom stereocenters. The van der Waals surface area contributed by atoms with Crippen LogP contribution in [-0.2, 0) is 22.5 Å². The molecule has 5 rings (SSSR count). The Morgan fingerprint density at radius 3 is 2.77 bits per heavy atom. The molecule has 35 heavy (non-hydrogen) atoms. The number of fused-ring (bicyclic) bond motifs is 2. The zero-order chi connectivity index (χ0) is 24.7. The van der Waals surface area contributed by atoms with Crippen molar-refractivity contribution in [3.05, 3.63) is 73.6 Å². The average molecular weight is 529 g/mol. The Morgan fingerprint density at radius 1 is 1.14 bits per heavy atom. The molecule has 3 heterocycles. The second kappa shape index (κ2) is 9.41. The number of ether oxygens (including phenoxy) is 1. The van der Waals surface area contributed by atoms with Crippen molar-refractivity contribution in [3.63, 3.8) is 0 Å². The number of halogens is 2. The normalized spacial score (nSPS) is 13.5. The Morgan fingerprint density at radius 2 is 1.97 bits per heavy atom. The van der Waals surface area contributed by atoms with E-state index in [1.807, 2.05) is 0 Å². The number of anilines is 1. The lowest BCUT2D eigenvalue weighted by Crippen LogP contribution is -2.30. The number of aromatic nitrogens is 3. The Bertz CT molecular complexity index is 1550. The third kappa shape index (κ3) is 4.67. The second-order valence-corrected chi connectivity index (χ2v) is 9.70. The lowest BCUT2D eigenvalue weighted by molar-refractivity contribution is -0.123.